The molecule has 1 unspecified atom stereocenters. The number of carbonyl (C=O) groups excluding carboxylic acids is 1. The van der Waals surface area contributed by atoms with Crippen molar-refractivity contribution in [1.82, 2.24) is 4.98 Å². The fraction of sp³-hybridized carbons (Fsp3) is 0.333. The SMILES string of the molecule is CCC1CCc2nc(-c3cccc(OC)c3)ccc2C1=O. The van der Waals surface area contributed by atoms with E-state index in [9.17, 15) is 4.79 Å². The van der Waals surface area contributed by atoms with Crippen molar-refractivity contribution in [3.05, 3.63) is 47.7 Å². The number of fused-ring (bicyclic) bond motifs is 1. The van der Waals surface area contributed by atoms with Gasteiger partial charge >= 0.3 is 0 Å². The van der Waals surface area contributed by atoms with Gasteiger partial charge in [-0.2, -0.15) is 0 Å². The second-order valence-electron chi connectivity index (χ2n) is 5.43. The van der Waals surface area contributed by atoms with Gasteiger partial charge in [-0.1, -0.05) is 19.1 Å². The Labute approximate surface area is 125 Å². The van der Waals surface area contributed by atoms with E-state index in [1.807, 2.05) is 36.4 Å². The maximum absolute atomic E-state index is 12.3. The molecule has 1 aliphatic carbocycles. The highest BCUT2D eigenvalue weighted by Crippen LogP contribution is 2.29. The van der Waals surface area contributed by atoms with Crippen LogP contribution in [0.25, 0.3) is 11.3 Å². The number of pyridine rings is 1. The molecule has 0 aliphatic heterocycles. The van der Waals surface area contributed by atoms with Crippen LogP contribution in [0.2, 0.25) is 0 Å². The maximum Gasteiger partial charge on any atom is 0.167 e. The summed E-state index contributed by atoms with van der Waals surface area (Å²) in [4.78, 5) is 17.0. The van der Waals surface area contributed by atoms with Crippen molar-refractivity contribution < 1.29 is 9.53 Å². The second-order valence-corrected chi connectivity index (χ2v) is 5.43. The number of hydrogen-bond donors (Lipinski definition) is 0. The van der Waals surface area contributed by atoms with E-state index in [-0.39, 0.29) is 11.7 Å². The Hall–Kier alpha value is -2.16. The first kappa shape index (κ1) is 13.8. The number of benzene rings is 1. The molecule has 1 atom stereocenters. The van der Waals surface area contributed by atoms with E-state index in [0.717, 1.165) is 47.5 Å². The van der Waals surface area contributed by atoms with Crippen molar-refractivity contribution >= 4 is 5.78 Å². The molecule has 0 radical (unpaired) electrons. The maximum atomic E-state index is 12.3. The minimum absolute atomic E-state index is 0.168. The predicted octanol–water partition coefficient (Wildman–Crippen LogP) is 3.91. The van der Waals surface area contributed by atoms with Crippen molar-refractivity contribution in [3.8, 4) is 17.0 Å². The molecule has 0 fully saturated rings. The van der Waals surface area contributed by atoms with Gasteiger partial charge in [-0.3, -0.25) is 9.78 Å². The molecule has 1 aromatic heterocycles. The molecule has 21 heavy (non-hydrogen) atoms. The van der Waals surface area contributed by atoms with Gasteiger partial charge in [0.1, 0.15) is 5.75 Å². The summed E-state index contributed by atoms with van der Waals surface area (Å²) < 4.78 is 5.25. The number of nitrogens with zero attached hydrogens (tertiary/aromatic N) is 1. The Balaban J connectivity index is 1.98. The third kappa shape index (κ3) is 2.56. The minimum atomic E-state index is 0.168. The first-order chi connectivity index (χ1) is 10.2. The topological polar surface area (TPSA) is 39.2 Å². The van der Waals surface area contributed by atoms with Crippen LogP contribution in [0.4, 0.5) is 0 Å². The lowest BCUT2D eigenvalue weighted by molar-refractivity contribution is 0.0897. The molecule has 1 aliphatic rings. The zero-order valence-electron chi connectivity index (χ0n) is 12.4. The second kappa shape index (κ2) is 5.68. The first-order valence-corrected chi connectivity index (χ1v) is 7.41. The number of aromatic nitrogens is 1. The van der Waals surface area contributed by atoms with Gasteiger partial charge in [0, 0.05) is 17.0 Å². The average molecular weight is 281 g/mol. The Morgan fingerprint density at radius 1 is 1.29 bits per heavy atom. The standard InChI is InChI=1S/C18H19NO2/c1-3-12-7-9-17-15(18(12)20)8-10-16(19-17)13-5-4-6-14(11-13)21-2/h4-6,8,10-12H,3,7,9H2,1-2H3. The van der Waals surface area contributed by atoms with Crippen LogP contribution in [0.15, 0.2) is 36.4 Å². The zero-order chi connectivity index (χ0) is 14.8. The lowest BCUT2D eigenvalue weighted by atomic mass is 9.83. The highest BCUT2D eigenvalue weighted by atomic mass is 16.5. The van der Waals surface area contributed by atoms with Gasteiger partial charge in [-0.25, -0.2) is 0 Å². The fourth-order valence-electron chi connectivity index (χ4n) is 2.91. The van der Waals surface area contributed by atoms with Gasteiger partial charge in [-0.15, -0.1) is 0 Å². The lowest BCUT2D eigenvalue weighted by Crippen LogP contribution is -2.23. The molecule has 3 nitrogen and oxygen atoms in total. The quantitative estimate of drug-likeness (QED) is 0.856. The van der Waals surface area contributed by atoms with E-state index in [1.165, 1.54) is 0 Å². The smallest absolute Gasteiger partial charge is 0.167 e. The summed E-state index contributed by atoms with van der Waals surface area (Å²) in [5, 5.41) is 0. The van der Waals surface area contributed by atoms with Gasteiger partial charge < -0.3 is 4.74 Å². The van der Waals surface area contributed by atoms with Crippen LogP contribution in [0.1, 0.15) is 35.8 Å². The van der Waals surface area contributed by atoms with Gasteiger partial charge in [0.05, 0.1) is 18.5 Å². The number of carbonyl (C=O) groups is 1. The first-order valence-electron chi connectivity index (χ1n) is 7.41. The van der Waals surface area contributed by atoms with E-state index in [1.54, 1.807) is 7.11 Å². The van der Waals surface area contributed by atoms with Crippen LogP contribution in [0.3, 0.4) is 0 Å². The molecule has 2 aromatic rings. The lowest BCUT2D eigenvalue weighted by Gasteiger charge is -2.21. The molecule has 3 heteroatoms. The van der Waals surface area contributed by atoms with Gasteiger partial charge in [0.2, 0.25) is 0 Å². The minimum Gasteiger partial charge on any atom is -0.497 e. The molecule has 0 amide bonds. The Bertz CT molecular complexity index is 679. The normalized spacial score (nSPS) is 17.4. The van der Waals surface area contributed by atoms with Crippen molar-refractivity contribution in [3.63, 3.8) is 0 Å². The van der Waals surface area contributed by atoms with E-state index < -0.39 is 0 Å². The number of ketones is 1. The van der Waals surface area contributed by atoms with E-state index in [0.29, 0.717) is 0 Å². The van der Waals surface area contributed by atoms with Crippen LogP contribution >= 0.6 is 0 Å². The molecule has 3 rings (SSSR count). The Kier molecular flexibility index (Phi) is 3.74. The van der Waals surface area contributed by atoms with Crippen LogP contribution in [0.5, 0.6) is 5.75 Å². The van der Waals surface area contributed by atoms with Gasteiger partial charge in [0.15, 0.2) is 5.78 Å². The van der Waals surface area contributed by atoms with Crippen molar-refractivity contribution in [2.45, 2.75) is 26.2 Å². The van der Waals surface area contributed by atoms with Crippen molar-refractivity contribution in [2.75, 3.05) is 7.11 Å². The van der Waals surface area contributed by atoms with E-state index >= 15 is 0 Å². The Morgan fingerprint density at radius 3 is 2.90 bits per heavy atom. The summed E-state index contributed by atoms with van der Waals surface area (Å²) in [5.41, 5.74) is 3.65. The van der Waals surface area contributed by atoms with Crippen LogP contribution in [0, 0.1) is 5.92 Å². The summed E-state index contributed by atoms with van der Waals surface area (Å²) in [6, 6.07) is 11.7. The van der Waals surface area contributed by atoms with E-state index in [2.05, 4.69) is 6.92 Å². The van der Waals surface area contributed by atoms with Gasteiger partial charge in [-0.05, 0) is 43.5 Å². The third-order valence-electron chi connectivity index (χ3n) is 4.20. The summed E-state index contributed by atoms with van der Waals surface area (Å²) in [6.07, 6.45) is 2.71. The number of hydrogen-bond acceptors (Lipinski definition) is 3. The summed E-state index contributed by atoms with van der Waals surface area (Å²) in [7, 11) is 1.66. The number of aryl methyl sites for hydroxylation is 1. The molecule has 1 heterocycles. The van der Waals surface area contributed by atoms with Crippen molar-refractivity contribution in [1.29, 1.82) is 0 Å². The molecule has 1 aromatic carbocycles. The molecule has 0 saturated carbocycles. The number of rotatable bonds is 3. The molecule has 0 N–H and O–H groups in total. The fourth-order valence-corrected chi connectivity index (χ4v) is 2.91. The van der Waals surface area contributed by atoms with Crippen molar-refractivity contribution in [2.24, 2.45) is 5.92 Å². The summed E-state index contributed by atoms with van der Waals surface area (Å²) >= 11 is 0. The highest BCUT2D eigenvalue weighted by Gasteiger charge is 2.27. The highest BCUT2D eigenvalue weighted by molar-refractivity contribution is 6.00. The third-order valence-corrected chi connectivity index (χ3v) is 4.20. The largest absolute Gasteiger partial charge is 0.497 e. The van der Waals surface area contributed by atoms with Gasteiger partial charge in [0.25, 0.3) is 0 Å². The van der Waals surface area contributed by atoms with E-state index in [4.69, 9.17) is 9.72 Å². The molecule has 0 bridgehead atoms. The van der Waals surface area contributed by atoms with Crippen LogP contribution < -0.4 is 4.74 Å². The average Bonchev–Trinajstić information content (AvgIpc) is 2.55. The summed E-state index contributed by atoms with van der Waals surface area (Å²) in [5.74, 6) is 1.24. The number of Topliss-reactive ketones (excluding diaryl/α,β-unsaturated/α-hetero) is 1. The monoisotopic (exact) mass is 281 g/mol. The van der Waals surface area contributed by atoms with Crippen LogP contribution in [-0.2, 0) is 6.42 Å². The number of methoxy groups -OCH3 is 1. The number of ether oxygens (including phenoxy) is 1. The molecular formula is C18H19NO2. The molecular weight excluding hydrogens is 262 g/mol. The Morgan fingerprint density at radius 2 is 2.14 bits per heavy atom. The zero-order valence-corrected chi connectivity index (χ0v) is 12.4. The predicted molar refractivity (Wildman–Crippen MR) is 82.7 cm³/mol. The molecule has 108 valence electrons. The van der Waals surface area contributed by atoms with Crippen LogP contribution in [-0.4, -0.2) is 17.9 Å². The summed E-state index contributed by atoms with van der Waals surface area (Å²) in [6.45, 7) is 2.08. The molecule has 0 saturated heterocycles. The molecule has 0 spiro atoms.